The van der Waals surface area contributed by atoms with Crippen LogP contribution in [-0.2, 0) is 0 Å². The summed E-state index contributed by atoms with van der Waals surface area (Å²) in [6.07, 6.45) is 0. The van der Waals surface area contributed by atoms with Gasteiger partial charge < -0.3 is 9.84 Å². The van der Waals surface area contributed by atoms with Gasteiger partial charge in [0.2, 0.25) is 0 Å². The smallest absolute Gasteiger partial charge is 0.259 e. The summed E-state index contributed by atoms with van der Waals surface area (Å²) in [7, 11) is 0. The van der Waals surface area contributed by atoms with E-state index in [4.69, 9.17) is 4.52 Å². The second kappa shape index (κ2) is 7.65. The van der Waals surface area contributed by atoms with E-state index in [0.717, 1.165) is 5.56 Å². The van der Waals surface area contributed by atoms with Crippen molar-refractivity contribution in [1.82, 2.24) is 30.3 Å². The zero-order chi connectivity index (χ0) is 22.2. The lowest BCUT2D eigenvalue weighted by molar-refractivity contribution is 0.102. The van der Waals surface area contributed by atoms with Crippen molar-refractivity contribution in [1.29, 1.82) is 0 Å². The summed E-state index contributed by atoms with van der Waals surface area (Å²) in [6.45, 7) is 3.43. The molecule has 32 heavy (non-hydrogen) atoms. The highest BCUT2D eigenvalue weighted by atomic mass is 19.1. The molecule has 0 aliphatic carbocycles. The fourth-order valence-corrected chi connectivity index (χ4v) is 3.43. The number of carbonyl (C=O) groups excluding carboxylic acids is 1. The highest BCUT2D eigenvalue weighted by molar-refractivity contribution is 6.13. The quantitative estimate of drug-likeness (QED) is 0.461. The summed E-state index contributed by atoms with van der Waals surface area (Å²) in [4.78, 5) is 17.7. The Bertz CT molecular complexity index is 1460. The Hall–Kier alpha value is -4.47. The molecule has 0 aliphatic rings. The molecular formula is C22H16FN7O2. The predicted molar refractivity (Wildman–Crippen MR) is 114 cm³/mol. The molecule has 3 aromatic heterocycles. The number of carbonyl (C=O) groups is 1. The van der Waals surface area contributed by atoms with Gasteiger partial charge in [0.1, 0.15) is 5.82 Å². The number of tetrazole rings is 1. The zero-order valence-electron chi connectivity index (χ0n) is 17.1. The van der Waals surface area contributed by atoms with Gasteiger partial charge >= 0.3 is 0 Å². The topological polar surface area (TPSA) is 112 Å². The van der Waals surface area contributed by atoms with Gasteiger partial charge in [-0.2, -0.15) is 4.68 Å². The number of aryl methyl sites for hydroxylation is 2. The first kappa shape index (κ1) is 19.5. The number of nitrogens with zero attached hydrogens (tertiary/aromatic N) is 6. The van der Waals surface area contributed by atoms with Crippen LogP contribution < -0.4 is 5.32 Å². The van der Waals surface area contributed by atoms with Crippen LogP contribution in [-0.4, -0.2) is 36.3 Å². The lowest BCUT2D eigenvalue weighted by Gasteiger charge is -2.11. The molecule has 5 aromatic rings. The summed E-state index contributed by atoms with van der Waals surface area (Å²) in [5.74, 6) is -0.592. The van der Waals surface area contributed by atoms with Gasteiger partial charge in [0.25, 0.3) is 11.6 Å². The normalized spacial score (nSPS) is 11.1. The summed E-state index contributed by atoms with van der Waals surface area (Å²) < 4.78 is 21.3. The first-order valence-corrected chi connectivity index (χ1v) is 9.70. The lowest BCUT2D eigenvalue weighted by Crippen LogP contribution is -2.15. The third kappa shape index (κ3) is 3.37. The number of amides is 1. The molecule has 0 radical (unpaired) electrons. The molecule has 5 rings (SSSR count). The minimum Gasteiger partial charge on any atom is -0.335 e. The molecule has 0 saturated carbocycles. The van der Waals surface area contributed by atoms with Gasteiger partial charge in [0.15, 0.2) is 5.82 Å². The lowest BCUT2D eigenvalue weighted by atomic mass is 10.0. The summed E-state index contributed by atoms with van der Waals surface area (Å²) in [6, 6.07) is 15.2. The number of fused-ring (bicyclic) bond motifs is 1. The monoisotopic (exact) mass is 429 g/mol. The van der Waals surface area contributed by atoms with E-state index >= 15 is 0 Å². The molecule has 0 atom stereocenters. The van der Waals surface area contributed by atoms with Gasteiger partial charge in [-0.1, -0.05) is 35.5 Å². The number of halogens is 1. The van der Waals surface area contributed by atoms with E-state index < -0.39 is 11.7 Å². The Labute approximate surface area is 180 Å². The van der Waals surface area contributed by atoms with E-state index in [1.54, 1.807) is 19.9 Å². The summed E-state index contributed by atoms with van der Waals surface area (Å²) >= 11 is 0. The first-order chi connectivity index (χ1) is 15.5. The van der Waals surface area contributed by atoms with Gasteiger partial charge in [0.05, 0.1) is 33.7 Å². The molecule has 1 amide bonds. The van der Waals surface area contributed by atoms with Crippen molar-refractivity contribution >= 4 is 22.7 Å². The molecule has 158 valence electrons. The Morgan fingerprint density at radius 3 is 2.66 bits per heavy atom. The number of hydrogen-bond acceptors (Lipinski definition) is 7. The van der Waals surface area contributed by atoms with Crippen molar-refractivity contribution in [3.05, 3.63) is 77.5 Å². The highest BCUT2D eigenvalue weighted by Crippen LogP contribution is 2.28. The predicted octanol–water partition coefficient (Wildman–Crippen LogP) is 3.87. The van der Waals surface area contributed by atoms with Crippen LogP contribution in [0.1, 0.15) is 21.9 Å². The number of hydrogen-bond donors (Lipinski definition) is 1. The van der Waals surface area contributed by atoms with E-state index in [1.807, 2.05) is 30.3 Å². The molecular weight excluding hydrogens is 413 g/mol. The maximum Gasteiger partial charge on any atom is 0.259 e. The molecule has 1 N–H and O–H groups in total. The van der Waals surface area contributed by atoms with Gasteiger partial charge in [-0.3, -0.25) is 4.79 Å². The molecule has 9 nitrogen and oxygen atoms in total. The van der Waals surface area contributed by atoms with Crippen LogP contribution in [0, 0.1) is 19.7 Å². The van der Waals surface area contributed by atoms with Crippen LogP contribution >= 0.6 is 0 Å². The van der Waals surface area contributed by atoms with Crippen molar-refractivity contribution < 1.29 is 13.7 Å². The van der Waals surface area contributed by atoms with Crippen molar-refractivity contribution in [2.75, 3.05) is 5.32 Å². The van der Waals surface area contributed by atoms with Gasteiger partial charge in [-0.05, 0) is 48.5 Å². The second-order valence-corrected chi connectivity index (χ2v) is 7.13. The van der Waals surface area contributed by atoms with Crippen molar-refractivity contribution in [3.8, 4) is 16.9 Å². The van der Waals surface area contributed by atoms with Gasteiger partial charge in [-0.25, -0.2) is 9.37 Å². The molecule has 0 aliphatic heterocycles. The van der Waals surface area contributed by atoms with E-state index in [1.165, 1.54) is 22.9 Å². The largest absolute Gasteiger partial charge is 0.335 e. The number of anilines is 1. The Kier molecular flexibility index (Phi) is 4.66. The molecule has 10 heteroatoms. The second-order valence-electron chi connectivity index (χ2n) is 7.13. The minimum atomic E-state index is -0.594. The fourth-order valence-electron chi connectivity index (χ4n) is 3.43. The van der Waals surface area contributed by atoms with Gasteiger partial charge in [-0.15, -0.1) is 5.10 Å². The van der Waals surface area contributed by atoms with Crippen LogP contribution in [0.4, 0.5) is 10.1 Å². The first-order valence-electron chi connectivity index (χ1n) is 9.70. The SMILES string of the molecule is Cc1noc2nc(-c3ccccc3)cc(C(=O)Nc3cc(-n4nnnc4C)ccc3F)c12. The average molecular weight is 429 g/mol. The van der Waals surface area contributed by atoms with Crippen LogP contribution in [0.2, 0.25) is 0 Å². The van der Waals surface area contributed by atoms with Crippen LogP contribution in [0.5, 0.6) is 0 Å². The maximum atomic E-state index is 14.5. The van der Waals surface area contributed by atoms with Crippen LogP contribution in [0.25, 0.3) is 28.0 Å². The van der Waals surface area contributed by atoms with E-state index in [-0.39, 0.29) is 17.0 Å². The summed E-state index contributed by atoms with van der Waals surface area (Å²) in [5, 5.41) is 18.3. The average Bonchev–Trinajstić information content (AvgIpc) is 3.41. The van der Waals surface area contributed by atoms with Crippen molar-refractivity contribution in [2.45, 2.75) is 13.8 Å². The minimum absolute atomic E-state index is 0.0114. The van der Waals surface area contributed by atoms with Gasteiger partial charge in [0, 0.05) is 5.56 Å². The Morgan fingerprint density at radius 2 is 1.91 bits per heavy atom. The Balaban J connectivity index is 1.57. The Morgan fingerprint density at radius 1 is 1.09 bits per heavy atom. The van der Waals surface area contributed by atoms with E-state index in [0.29, 0.717) is 28.3 Å². The number of nitrogens with one attached hydrogen (secondary N) is 1. The molecule has 3 heterocycles. The van der Waals surface area contributed by atoms with Crippen molar-refractivity contribution in [2.24, 2.45) is 0 Å². The summed E-state index contributed by atoms with van der Waals surface area (Å²) in [5.41, 5.74) is 2.86. The van der Waals surface area contributed by atoms with Crippen LogP contribution in [0.15, 0.2) is 59.1 Å². The molecule has 2 aromatic carbocycles. The van der Waals surface area contributed by atoms with Crippen molar-refractivity contribution in [3.63, 3.8) is 0 Å². The molecule has 0 bridgehead atoms. The zero-order valence-corrected chi connectivity index (χ0v) is 17.1. The number of rotatable bonds is 4. The highest BCUT2D eigenvalue weighted by Gasteiger charge is 2.21. The fraction of sp³-hybridized carbons (Fsp3) is 0.0909. The molecule has 0 saturated heterocycles. The van der Waals surface area contributed by atoms with E-state index in [2.05, 4.69) is 31.0 Å². The third-order valence-corrected chi connectivity index (χ3v) is 5.00. The van der Waals surface area contributed by atoms with Crippen LogP contribution in [0.3, 0.4) is 0 Å². The number of benzene rings is 2. The van der Waals surface area contributed by atoms with E-state index in [9.17, 15) is 9.18 Å². The molecule has 0 fully saturated rings. The molecule has 0 unspecified atom stereocenters. The molecule has 0 spiro atoms. The standard InChI is InChI=1S/C22H16FN7O2/c1-12-20-16(11-18(25-22(20)32-27-12)14-6-4-3-5-7-14)21(31)24-19-10-15(8-9-17(19)23)30-13(2)26-28-29-30/h3-11H,1-2H3,(H,24,31). The third-order valence-electron chi connectivity index (χ3n) is 5.00. The number of pyridine rings is 1. The number of aromatic nitrogens is 6. The maximum absolute atomic E-state index is 14.5.